The molecule has 0 aliphatic heterocycles. The number of hydrogen-bond acceptors (Lipinski definition) is 2. The van der Waals surface area contributed by atoms with Gasteiger partial charge in [-0.1, -0.05) is 0 Å². The van der Waals surface area contributed by atoms with Gasteiger partial charge in [-0.25, -0.2) is 13.2 Å². The molecule has 0 aromatic heterocycles. The van der Waals surface area contributed by atoms with Gasteiger partial charge in [0.05, 0.1) is 0 Å². The molecule has 1 aromatic rings. The van der Waals surface area contributed by atoms with Crippen LogP contribution < -0.4 is 0 Å². The van der Waals surface area contributed by atoms with E-state index in [0.29, 0.717) is 12.1 Å². The van der Waals surface area contributed by atoms with Crippen molar-refractivity contribution in [1.82, 2.24) is 0 Å². The van der Waals surface area contributed by atoms with Crippen molar-refractivity contribution in [2.24, 2.45) is 0 Å². The van der Waals surface area contributed by atoms with E-state index in [1.54, 1.807) is 6.55 Å². The Morgan fingerprint density at radius 1 is 1.06 bits per heavy atom. The molecule has 0 saturated heterocycles. The van der Waals surface area contributed by atoms with E-state index in [4.69, 9.17) is 8.85 Å². The van der Waals surface area contributed by atoms with Gasteiger partial charge in [0.1, 0.15) is 17.5 Å². The van der Waals surface area contributed by atoms with Gasteiger partial charge in [0.25, 0.3) is 0 Å². The topological polar surface area (TPSA) is 18.5 Å². The minimum Gasteiger partial charge on any atom is -0.398 e. The molecular weight excluding hydrogens is 237 g/mol. The summed E-state index contributed by atoms with van der Waals surface area (Å²) in [5.41, 5.74) is -0.195. The molecule has 1 rings (SSSR count). The van der Waals surface area contributed by atoms with Gasteiger partial charge in [-0.3, -0.25) is 0 Å². The zero-order valence-electron chi connectivity index (χ0n) is 9.31. The summed E-state index contributed by atoms with van der Waals surface area (Å²) < 4.78 is 49.6. The molecule has 1 aromatic carbocycles. The van der Waals surface area contributed by atoms with E-state index >= 15 is 0 Å². The molecule has 0 atom stereocenters. The number of hydrogen-bond donors (Lipinski definition) is 0. The SMILES string of the molecule is CO[Si](C)(Cc1c(F)cc(F)cc1F)OC. The van der Waals surface area contributed by atoms with Gasteiger partial charge in [0.15, 0.2) is 0 Å². The smallest absolute Gasteiger partial charge is 0.339 e. The van der Waals surface area contributed by atoms with E-state index in [-0.39, 0.29) is 11.6 Å². The van der Waals surface area contributed by atoms with Crippen molar-refractivity contribution in [2.45, 2.75) is 12.6 Å². The molecule has 16 heavy (non-hydrogen) atoms. The summed E-state index contributed by atoms with van der Waals surface area (Å²) in [5.74, 6) is -2.76. The molecule has 0 radical (unpaired) electrons. The van der Waals surface area contributed by atoms with Crippen molar-refractivity contribution < 1.29 is 22.0 Å². The first kappa shape index (κ1) is 13.2. The second-order valence-electron chi connectivity index (χ2n) is 3.57. The first-order valence-corrected chi connectivity index (χ1v) is 7.18. The lowest BCUT2D eigenvalue weighted by molar-refractivity contribution is 0.247. The fraction of sp³-hybridized carbons (Fsp3) is 0.400. The standard InChI is InChI=1S/C10H13F3O2Si/c1-14-16(3,15-2)6-8-9(12)4-7(11)5-10(8)13/h4-5H,6H2,1-3H3. The van der Waals surface area contributed by atoms with Crippen LogP contribution in [0.15, 0.2) is 12.1 Å². The lowest BCUT2D eigenvalue weighted by Gasteiger charge is -2.23. The fourth-order valence-electron chi connectivity index (χ4n) is 1.29. The van der Waals surface area contributed by atoms with Crippen molar-refractivity contribution >= 4 is 8.56 Å². The summed E-state index contributed by atoms with van der Waals surface area (Å²) in [6, 6.07) is 1.30. The maximum atomic E-state index is 13.3. The number of halogens is 3. The quantitative estimate of drug-likeness (QED) is 0.765. The highest BCUT2D eigenvalue weighted by Gasteiger charge is 2.32. The van der Waals surface area contributed by atoms with Crippen LogP contribution in [0.2, 0.25) is 6.55 Å². The Morgan fingerprint density at radius 3 is 1.88 bits per heavy atom. The monoisotopic (exact) mass is 250 g/mol. The molecule has 0 aliphatic carbocycles. The maximum absolute atomic E-state index is 13.3. The van der Waals surface area contributed by atoms with Gasteiger partial charge in [-0.2, -0.15) is 0 Å². The van der Waals surface area contributed by atoms with E-state index in [9.17, 15) is 13.2 Å². The first-order chi connectivity index (χ1) is 7.41. The third-order valence-electron chi connectivity index (χ3n) is 2.47. The van der Waals surface area contributed by atoms with Crippen LogP contribution in [0.1, 0.15) is 5.56 Å². The molecule has 0 spiro atoms. The summed E-state index contributed by atoms with van der Waals surface area (Å²) in [7, 11) is 0.231. The lowest BCUT2D eigenvalue weighted by atomic mass is 10.2. The molecule has 0 heterocycles. The van der Waals surface area contributed by atoms with Crippen LogP contribution in [0.5, 0.6) is 0 Å². The van der Waals surface area contributed by atoms with Gasteiger partial charge in [0, 0.05) is 38.0 Å². The summed E-state index contributed by atoms with van der Waals surface area (Å²) in [5, 5.41) is 0. The van der Waals surface area contributed by atoms with Gasteiger partial charge in [0.2, 0.25) is 0 Å². The normalized spacial score (nSPS) is 11.9. The first-order valence-electron chi connectivity index (χ1n) is 4.65. The predicted molar refractivity (Wildman–Crippen MR) is 55.7 cm³/mol. The zero-order chi connectivity index (χ0) is 12.3. The molecular formula is C10H13F3O2Si. The summed E-state index contributed by atoms with van der Waals surface area (Å²) in [6.07, 6.45) is 0. The summed E-state index contributed by atoms with van der Waals surface area (Å²) in [4.78, 5) is 0. The third kappa shape index (κ3) is 2.84. The highest BCUT2D eigenvalue weighted by molar-refractivity contribution is 6.65. The molecule has 0 fully saturated rings. The van der Waals surface area contributed by atoms with Crippen molar-refractivity contribution in [3.05, 3.63) is 35.1 Å². The van der Waals surface area contributed by atoms with Crippen molar-refractivity contribution in [3.63, 3.8) is 0 Å². The number of benzene rings is 1. The fourth-order valence-corrected chi connectivity index (χ4v) is 2.73. The Labute approximate surface area is 93.2 Å². The van der Waals surface area contributed by atoms with Crippen LogP contribution in [0.3, 0.4) is 0 Å². The van der Waals surface area contributed by atoms with Gasteiger partial charge in [-0.05, 0) is 6.55 Å². The summed E-state index contributed by atoms with van der Waals surface area (Å²) in [6.45, 7) is 1.68. The predicted octanol–water partition coefficient (Wildman–Crippen LogP) is 2.55. The molecule has 0 amide bonds. The van der Waals surface area contributed by atoms with E-state index < -0.39 is 26.0 Å². The second-order valence-corrected chi connectivity index (χ2v) is 7.00. The lowest BCUT2D eigenvalue weighted by Crippen LogP contribution is -2.40. The van der Waals surface area contributed by atoms with Crippen molar-refractivity contribution in [2.75, 3.05) is 14.2 Å². The Morgan fingerprint density at radius 2 is 1.50 bits per heavy atom. The van der Waals surface area contributed by atoms with E-state index in [0.717, 1.165) is 0 Å². The van der Waals surface area contributed by atoms with Gasteiger partial charge in [-0.15, -0.1) is 0 Å². The van der Waals surface area contributed by atoms with E-state index in [2.05, 4.69) is 0 Å². The van der Waals surface area contributed by atoms with Crippen molar-refractivity contribution in [3.8, 4) is 0 Å². The Balaban J connectivity index is 3.06. The molecule has 90 valence electrons. The second kappa shape index (κ2) is 4.99. The minimum atomic E-state index is -2.62. The highest BCUT2D eigenvalue weighted by Crippen LogP contribution is 2.20. The van der Waals surface area contributed by atoms with Crippen LogP contribution in [0.4, 0.5) is 13.2 Å². The Hall–Kier alpha value is -0.853. The van der Waals surface area contributed by atoms with Crippen LogP contribution in [-0.4, -0.2) is 22.8 Å². The van der Waals surface area contributed by atoms with Crippen molar-refractivity contribution in [1.29, 1.82) is 0 Å². The average Bonchev–Trinajstić information content (AvgIpc) is 2.23. The van der Waals surface area contributed by atoms with Crippen LogP contribution >= 0.6 is 0 Å². The molecule has 0 bridgehead atoms. The van der Waals surface area contributed by atoms with Crippen LogP contribution in [0.25, 0.3) is 0 Å². The number of rotatable bonds is 4. The maximum Gasteiger partial charge on any atom is 0.339 e. The molecule has 0 N–H and O–H groups in total. The Kier molecular flexibility index (Phi) is 4.12. The van der Waals surface area contributed by atoms with Crippen LogP contribution in [0, 0.1) is 17.5 Å². The van der Waals surface area contributed by atoms with E-state index in [1.165, 1.54) is 14.2 Å². The Bertz CT molecular complexity index is 357. The molecule has 0 aliphatic rings. The molecule has 2 nitrogen and oxygen atoms in total. The van der Waals surface area contributed by atoms with E-state index in [1.807, 2.05) is 0 Å². The van der Waals surface area contributed by atoms with Gasteiger partial charge < -0.3 is 8.85 Å². The largest absolute Gasteiger partial charge is 0.398 e. The minimum absolute atomic E-state index is 0.00204. The molecule has 0 saturated carbocycles. The summed E-state index contributed by atoms with van der Waals surface area (Å²) >= 11 is 0. The van der Waals surface area contributed by atoms with Crippen LogP contribution in [-0.2, 0) is 14.9 Å². The highest BCUT2D eigenvalue weighted by atomic mass is 28.4. The average molecular weight is 250 g/mol. The molecule has 6 heteroatoms. The molecule has 0 unspecified atom stereocenters. The zero-order valence-corrected chi connectivity index (χ0v) is 10.3. The third-order valence-corrected chi connectivity index (χ3v) is 5.19. The van der Waals surface area contributed by atoms with Gasteiger partial charge >= 0.3 is 8.56 Å².